The van der Waals surface area contributed by atoms with Crippen molar-refractivity contribution in [1.82, 2.24) is 24.1 Å². The van der Waals surface area contributed by atoms with Crippen LogP contribution in [0.1, 0.15) is 33.1 Å². The highest BCUT2D eigenvalue weighted by molar-refractivity contribution is 7.99. The highest BCUT2D eigenvalue weighted by Gasteiger charge is 2.19. The molecule has 0 unspecified atom stereocenters. The van der Waals surface area contributed by atoms with E-state index in [9.17, 15) is 9.18 Å². The topological polar surface area (TPSA) is 65.1 Å². The van der Waals surface area contributed by atoms with Crippen LogP contribution in [0.25, 0.3) is 11.5 Å². The van der Waals surface area contributed by atoms with Gasteiger partial charge in [0.05, 0.1) is 10.8 Å². The molecule has 1 aromatic carbocycles. The van der Waals surface area contributed by atoms with Crippen LogP contribution in [0.3, 0.4) is 0 Å². The molecule has 30 heavy (non-hydrogen) atoms. The van der Waals surface area contributed by atoms with E-state index in [4.69, 9.17) is 11.6 Å². The average molecular weight is 444 g/mol. The van der Waals surface area contributed by atoms with Gasteiger partial charge in [-0.15, -0.1) is 10.2 Å². The molecule has 0 atom stereocenters. The molecule has 0 bridgehead atoms. The molecule has 3 aromatic heterocycles. The van der Waals surface area contributed by atoms with Gasteiger partial charge in [0.2, 0.25) is 0 Å². The maximum Gasteiger partial charge on any atom is 0.256 e. The minimum atomic E-state index is -0.476. The second-order valence-corrected chi connectivity index (χ2v) is 8.44. The fourth-order valence-electron chi connectivity index (χ4n) is 3.57. The summed E-state index contributed by atoms with van der Waals surface area (Å²) in [6, 6.07) is 8.31. The number of halogens is 2. The van der Waals surface area contributed by atoms with Gasteiger partial charge in [-0.3, -0.25) is 9.20 Å². The van der Waals surface area contributed by atoms with Crippen LogP contribution in [-0.2, 0) is 0 Å². The molecule has 4 rings (SSSR count). The summed E-state index contributed by atoms with van der Waals surface area (Å²) < 4.78 is 17.3. The van der Waals surface area contributed by atoms with Crippen LogP contribution in [0.15, 0.2) is 35.5 Å². The first-order valence-corrected chi connectivity index (χ1v) is 10.6. The van der Waals surface area contributed by atoms with Crippen LogP contribution in [0.4, 0.5) is 4.39 Å². The van der Waals surface area contributed by atoms with E-state index in [2.05, 4.69) is 15.2 Å². The summed E-state index contributed by atoms with van der Waals surface area (Å²) in [6.45, 7) is 7.63. The zero-order chi connectivity index (χ0) is 21.6. The Morgan fingerprint density at radius 3 is 2.60 bits per heavy atom. The predicted molar refractivity (Wildman–Crippen MR) is 116 cm³/mol. The quantitative estimate of drug-likeness (QED) is 0.323. The number of aromatic nitrogens is 5. The molecule has 0 saturated carbocycles. The Kier molecular flexibility index (Phi) is 5.38. The number of carbonyl (C=O) groups is 1. The summed E-state index contributed by atoms with van der Waals surface area (Å²) in [5, 5.41) is 8.95. The van der Waals surface area contributed by atoms with Crippen LogP contribution < -0.4 is 0 Å². The van der Waals surface area contributed by atoms with Gasteiger partial charge in [-0.25, -0.2) is 9.37 Å². The summed E-state index contributed by atoms with van der Waals surface area (Å²) in [5.74, 6) is 0.231. The molecule has 0 amide bonds. The van der Waals surface area contributed by atoms with Gasteiger partial charge in [-0.05, 0) is 58.0 Å². The van der Waals surface area contributed by atoms with Crippen molar-refractivity contribution in [2.75, 3.05) is 5.75 Å². The maximum absolute atomic E-state index is 13.5. The number of hydrogen-bond donors (Lipinski definition) is 0. The van der Waals surface area contributed by atoms with Gasteiger partial charge in [-0.2, -0.15) is 0 Å². The molecule has 0 aliphatic rings. The van der Waals surface area contributed by atoms with Gasteiger partial charge in [0.25, 0.3) is 5.78 Å². The first-order chi connectivity index (χ1) is 14.3. The van der Waals surface area contributed by atoms with Gasteiger partial charge in [0.1, 0.15) is 5.82 Å². The predicted octanol–water partition coefficient (Wildman–Crippen LogP) is 4.92. The van der Waals surface area contributed by atoms with Gasteiger partial charge in [-0.1, -0.05) is 23.4 Å². The second-order valence-electron chi connectivity index (χ2n) is 7.09. The van der Waals surface area contributed by atoms with Crippen molar-refractivity contribution in [3.8, 4) is 5.69 Å². The standard InChI is InChI=1S/C21H19ClFN5OS/c1-11-7-12(2)28-20(24-11)25-26-21(28)30-10-19(29)16-8-13(3)27(14(16)4)15-5-6-18(23)17(22)9-15/h5-9H,10H2,1-4H3. The SMILES string of the molecule is Cc1cc(C)n2c(SCC(=O)c3cc(C)n(-c4ccc(F)c(Cl)c4)c3C)nnc2n1. The zero-order valence-corrected chi connectivity index (χ0v) is 18.5. The third-order valence-electron chi connectivity index (χ3n) is 4.89. The van der Waals surface area contributed by atoms with Crippen LogP contribution in [-0.4, -0.2) is 35.7 Å². The van der Waals surface area contributed by atoms with Crippen molar-refractivity contribution < 1.29 is 9.18 Å². The lowest BCUT2D eigenvalue weighted by molar-refractivity contribution is 0.102. The first-order valence-electron chi connectivity index (χ1n) is 9.26. The van der Waals surface area contributed by atoms with Crippen molar-refractivity contribution in [3.63, 3.8) is 0 Å². The summed E-state index contributed by atoms with van der Waals surface area (Å²) in [6.07, 6.45) is 0. The Hall–Kier alpha value is -2.71. The lowest BCUT2D eigenvalue weighted by Crippen LogP contribution is -2.06. The largest absolute Gasteiger partial charge is 0.318 e. The van der Waals surface area contributed by atoms with E-state index in [-0.39, 0.29) is 16.6 Å². The second kappa shape index (κ2) is 7.85. The zero-order valence-electron chi connectivity index (χ0n) is 16.9. The number of hydrogen-bond acceptors (Lipinski definition) is 5. The molecule has 0 N–H and O–H groups in total. The molecule has 4 aromatic rings. The maximum atomic E-state index is 13.5. The summed E-state index contributed by atoms with van der Waals surface area (Å²) in [7, 11) is 0. The van der Waals surface area contributed by atoms with Crippen molar-refractivity contribution in [1.29, 1.82) is 0 Å². The van der Waals surface area contributed by atoms with E-state index in [0.717, 1.165) is 22.8 Å². The molecule has 0 fully saturated rings. The number of aryl methyl sites for hydroxylation is 3. The lowest BCUT2D eigenvalue weighted by atomic mass is 10.2. The molecule has 6 nitrogen and oxygen atoms in total. The van der Waals surface area contributed by atoms with Crippen LogP contribution in [0, 0.1) is 33.5 Å². The number of thioether (sulfide) groups is 1. The van der Waals surface area contributed by atoms with E-state index < -0.39 is 5.82 Å². The summed E-state index contributed by atoms with van der Waals surface area (Å²) in [4.78, 5) is 17.3. The van der Waals surface area contributed by atoms with Crippen molar-refractivity contribution in [3.05, 3.63) is 69.5 Å². The number of Topliss-reactive ketones (excluding diaryl/α,β-unsaturated/α-hetero) is 1. The fourth-order valence-corrected chi connectivity index (χ4v) is 4.61. The molecule has 0 radical (unpaired) electrons. The summed E-state index contributed by atoms with van der Waals surface area (Å²) in [5.41, 5.74) is 4.80. The van der Waals surface area contributed by atoms with Gasteiger partial charge >= 0.3 is 0 Å². The molecule has 0 spiro atoms. The van der Waals surface area contributed by atoms with Crippen LogP contribution >= 0.6 is 23.4 Å². The Bertz CT molecular complexity index is 1300. The number of fused-ring (bicyclic) bond motifs is 1. The minimum Gasteiger partial charge on any atom is -0.318 e. The number of carbonyl (C=O) groups excluding carboxylic acids is 1. The average Bonchev–Trinajstić information content (AvgIpc) is 3.22. The smallest absolute Gasteiger partial charge is 0.256 e. The van der Waals surface area contributed by atoms with Crippen LogP contribution in [0.5, 0.6) is 0 Å². The van der Waals surface area contributed by atoms with Crippen LogP contribution in [0.2, 0.25) is 5.02 Å². The van der Waals surface area contributed by atoms with E-state index in [1.165, 1.54) is 17.8 Å². The highest BCUT2D eigenvalue weighted by atomic mass is 35.5. The Morgan fingerprint density at radius 1 is 1.10 bits per heavy atom. The molecule has 154 valence electrons. The number of nitrogens with zero attached hydrogens (tertiary/aromatic N) is 5. The molecule has 0 aliphatic carbocycles. The Labute approximate surface area is 182 Å². The normalized spacial score (nSPS) is 11.4. The highest BCUT2D eigenvalue weighted by Crippen LogP contribution is 2.26. The third-order valence-corrected chi connectivity index (χ3v) is 6.11. The van der Waals surface area contributed by atoms with Gasteiger partial charge in [0.15, 0.2) is 10.9 Å². The number of rotatable bonds is 5. The van der Waals surface area contributed by atoms with Crippen molar-refractivity contribution in [2.45, 2.75) is 32.9 Å². The molecular formula is C21H19ClFN5OS. The minimum absolute atomic E-state index is 0.0259. The fraction of sp³-hybridized carbons (Fsp3) is 0.238. The number of benzene rings is 1. The summed E-state index contributed by atoms with van der Waals surface area (Å²) >= 11 is 7.26. The Balaban J connectivity index is 1.60. The van der Waals surface area contributed by atoms with Crippen molar-refractivity contribution >= 4 is 34.9 Å². The lowest BCUT2D eigenvalue weighted by Gasteiger charge is -2.10. The molecule has 0 saturated heterocycles. The third kappa shape index (κ3) is 3.61. The first kappa shape index (κ1) is 20.6. The molecule has 9 heteroatoms. The molecular weight excluding hydrogens is 425 g/mol. The monoisotopic (exact) mass is 443 g/mol. The molecule has 0 aliphatic heterocycles. The van der Waals surface area contributed by atoms with Crippen molar-refractivity contribution in [2.24, 2.45) is 0 Å². The van der Waals surface area contributed by atoms with Gasteiger partial charge < -0.3 is 4.57 Å². The molecule has 3 heterocycles. The van der Waals surface area contributed by atoms with E-state index in [1.807, 2.05) is 48.8 Å². The Morgan fingerprint density at radius 2 is 1.87 bits per heavy atom. The van der Waals surface area contributed by atoms with E-state index in [1.54, 1.807) is 12.1 Å². The number of ketones is 1. The van der Waals surface area contributed by atoms with Gasteiger partial charge in [0, 0.05) is 34.0 Å². The van der Waals surface area contributed by atoms with E-state index >= 15 is 0 Å². The van der Waals surface area contributed by atoms with E-state index in [0.29, 0.717) is 22.2 Å².